The Kier molecular flexibility index (Phi) is 5.19. The molecule has 1 saturated heterocycles. The van der Waals surface area contributed by atoms with E-state index in [1.165, 1.54) is 0 Å². The Morgan fingerprint density at radius 3 is 1.90 bits per heavy atom. The van der Waals surface area contributed by atoms with Crippen LogP contribution in [0.2, 0.25) is 0 Å². The molecule has 1 amide bonds. The number of hydrogen-bond donors (Lipinski definition) is 0. The number of benzene rings is 2. The summed E-state index contributed by atoms with van der Waals surface area (Å²) >= 11 is 0. The van der Waals surface area contributed by atoms with Gasteiger partial charge in [0.1, 0.15) is 13.2 Å². The molecule has 5 rings (SSSR count). The van der Waals surface area contributed by atoms with Crippen LogP contribution in [0.15, 0.2) is 36.4 Å². The van der Waals surface area contributed by atoms with Gasteiger partial charge >= 0.3 is 11.9 Å². The SMILES string of the molecule is O=C1OCc2cc(CCN3CCN(CCc4ccc5c(c4)COC5=O)C(=O)C3)ccc21. The van der Waals surface area contributed by atoms with E-state index in [4.69, 9.17) is 9.47 Å². The number of amides is 1. The highest BCUT2D eigenvalue weighted by molar-refractivity contribution is 5.93. The molecule has 0 spiro atoms. The lowest BCUT2D eigenvalue weighted by molar-refractivity contribution is -0.135. The molecular weight excluding hydrogens is 396 g/mol. The van der Waals surface area contributed by atoms with Gasteiger partial charge in [0.15, 0.2) is 0 Å². The zero-order valence-corrected chi connectivity index (χ0v) is 17.3. The van der Waals surface area contributed by atoms with E-state index in [9.17, 15) is 14.4 Å². The number of hydrogen-bond acceptors (Lipinski definition) is 6. The first-order valence-electron chi connectivity index (χ1n) is 10.6. The van der Waals surface area contributed by atoms with Crippen LogP contribution in [0.5, 0.6) is 0 Å². The molecule has 0 N–H and O–H groups in total. The highest BCUT2D eigenvalue weighted by atomic mass is 16.5. The Balaban J connectivity index is 1.10. The second kappa shape index (κ2) is 8.15. The minimum atomic E-state index is -0.255. The van der Waals surface area contributed by atoms with Crippen molar-refractivity contribution in [3.05, 3.63) is 69.8 Å². The van der Waals surface area contributed by atoms with Gasteiger partial charge in [-0.3, -0.25) is 9.69 Å². The zero-order chi connectivity index (χ0) is 21.4. The van der Waals surface area contributed by atoms with Gasteiger partial charge in [-0.1, -0.05) is 24.3 Å². The number of rotatable bonds is 6. The molecule has 3 heterocycles. The third-order valence-corrected chi connectivity index (χ3v) is 6.28. The van der Waals surface area contributed by atoms with E-state index in [-0.39, 0.29) is 17.8 Å². The minimum Gasteiger partial charge on any atom is -0.457 e. The average molecular weight is 420 g/mol. The maximum atomic E-state index is 12.6. The van der Waals surface area contributed by atoms with Crippen LogP contribution in [-0.4, -0.2) is 60.4 Å². The molecule has 0 aromatic heterocycles. The summed E-state index contributed by atoms with van der Waals surface area (Å²) in [5.41, 5.74) is 5.47. The summed E-state index contributed by atoms with van der Waals surface area (Å²) in [6.07, 6.45) is 1.60. The third-order valence-electron chi connectivity index (χ3n) is 6.28. The average Bonchev–Trinajstić information content (AvgIpc) is 3.33. The monoisotopic (exact) mass is 420 g/mol. The number of carbonyl (C=O) groups excluding carboxylic acids is 3. The fourth-order valence-electron chi connectivity index (χ4n) is 4.42. The molecule has 160 valence electrons. The largest absolute Gasteiger partial charge is 0.457 e. The normalized spacial score (nSPS) is 18.1. The molecule has 31 heavy (non-hydrogen) atoms. The number of fused-ring (bicyclic) bond motifs is 2. The van der Waals surface area contributed by atoms with Crippen molar-refractivity contribution in [3.63, 3.8) is 0 Å². The second-order valence-electron chi connectivity index (χ2n) is 8.29. The first-order chi connectivity index (χ1) is 15.1. The number of nitrogens with zero attached hydrogens (tertiary/aromatic N) is 2. The molecule has 7 nitrogen and oxygen atoms in total. The lowest BCUT2D eigenvalue weighted by Gasteiger charge is -2.34. The van der Waals surface area contributed by atoms with Crippen molar-refractivity contribution in [1.82, 2.24) is 9.80 Å². The summed E-state index contributed by atoms with van der Waals surface area (Å²) in [5.74, 6) is -0.349. The highest BCUT2D eigenvalue weighted by Crippen LogP contribution is 2.22. The van der Waals surface area contributed by atoms with Gasteiger partial charge in [-0.15, -0.1) is 0 Å². The molecule has 0 aliphatic carbocycles. The first kappa shape index (κ1) is 19.8. The van der Waals surface area contributed by atoms with E-state index >= 15 is 0 Å². The van der Waals surface area contributed by atoms with Gasteiger partial charge in [-0.05, 0) is 36.1 Å². The number of esters is 2. The Morgan fingerprint density at radius 1 is 0.742 bits per heavy atom. The maximum absolute atomic E-state index is 12.6. The zero-order valence-electron chi connectivity index (χ0n) is 17.3. The van der Waals surface area contributed by atoms with Crippen molar-refractivity contribution in [3.8, 4) is 0 Å². The molecular formula is C24H24N2O5. The van der Waals surface area contributed by atoms with Crippen LogP contribution >= 0.6 is 0 Å². The van der Waals surface area contributed by atoms with E-state index in [1.54, 1.807) is 0 Å². The highest BCUT2D eigenvalue weighted by Gasteiger charge is 2.25. The van der Waals surface area contributed by atoms with Crippen LogP contribution in [0.4, 0.5) is 0 Å². The van der Waals surface area contributed by atoms with Crippen LogP contribution in [0.25, 0.3) is 0 Å². The van der Waals surface area contributed by atoms with Gasteiger partial charge in [0, 0.05) is 37.3 Å². The number of ether oxygens (including phenoxy) is 2. The summed E-state index contributed by atoms with van der Waals surface area (Å²) in [7, 11) is 0. The predicted octanol–water partition coefficient (Wildman–Crippen LogP) is 1.96. The Morgan fingerprint density at radius 2 is 1.32 bits per heavy atom. The quantitative estimate of drug-likeness (QED) is 0.665. The number of cyclic esters (lactones) is 2. The minimum absolute atomic E-state index is 0.152. The molecule has 7 heteroatoms. The summed E-state index contributed by atoms with van der Waals surface area (Å²) in [4.78, 5) is 39.9. The van der Waals surface area contributed by atoms with Crippen molar-refractivity contribution in [2.45, 2.75) is 26.1 Å². The smallest absolute Gasteiger partial charge is 0.338 e. The molecule has 0 saturated carbocycles. The van der Waals surface area contributed by atoms with E-state index in [0.717, 1.165) is 54.7 Å². The van der Waals surface area contributed by atoms with Crippen LogP contribution in [-0.2, 0) is 40.3 Å². The summed E-state index contributed by atoms with van der Waals surface area (Å²) in [6, 6.07) is 11.6. The topological polar surface area (TPSA) is 76.2 Å². The van der Waals surface area contributed by atoms with Crippen molar-refractivity contribution >= 4 is 17.8 Å². The lowest BCUT2D eigenvalue weighted by Crippen LogP contribution is -2.51. The number of carbonyl (C=O) groups is 3. The van der Waals surface area contributed by atoms with Crippen molar-refractivity contribution in [2.24, 2.45) is 0 Å². The maximum Gasteiger partial charge on any atom is 0.338 e. The molecule has 3 aliphatic rings. The Bertz CT molecular complexity index is 1060. The van der Waals surface area contributed by atoms with Gasteiger partial charge < -0.3 is 14.4 Å². The molecule has 2 aromatic rings. The van der Waals surface area contributed by atoms with Gasteiger partial charge in [-0.2, -0.15) is 0 Å². The van der Waals surface area contributed by atoms with E-state index in [2.05, 4.69) is 4.90 Å². The predicted molar refractivity (Wildman–Crippen MR) is 112 cm³/mol. The van der Waals surface area contributed by atoms with E-state index in [1.807, 2.05) is 41.3 Å². The summed E-state index contributed by atoms with van der Waals surface area (Å²) in [6.45, 7) is 4.19. The third kappa shape index (κ3) is 4.05. The lowest BCUT2D eigenvalue weighted by atomic mass is 10.0. The van der Waals surface area contributed by atoms with Crippen LogP contribution in [0, 0.1) is 0 Å². The molecule has 0 radical (unpaired) electrons. The fourth-order valence-corrected chi connectivity index (χ4v) is 4.42. The van der Waals surface area contributed by atoms with Gasteiger partial charge in [0.05, 0.1) is 17.7 Å². The van der Waals surface area contributed by atoms with Crippen molar-refractivity contribution in [1.29, 1.82) is 0 Å². The summed E-state index contributed by atoms with van der Waals surface area (Å²) < 4.78 is 10.1. The van der Waals surface area contributed by atoms with Crippen molar-refractivity contribution in [2.75, 3.05) is 32.7 Å². The van der Waals surface area contributed by atoms with Crippen LogP contribution in [0.1, 0.15) is 43.0 Å². The first-order valence-corrected chi connectivity index (χ1v) is 10.6. The van der Waals surface area contributed by atoms with Gasteiger partial charge in [-0.25, -0.2) is 9.59 Å². The molecule has 2 aromatic carbocycles. The summed E-state index contributed by atoms with van der Waals surface area (Å²) in [5, 5.41) is 0. The van der Waals surface area contributed by atoms with Crippen LogP contribution in [0.3, 0.4) is 0 Å². The molecule has 0 unspecified atom stereocenters. The molecule has 0 bridgehead atoms. The van der Waals surface area contributed by atoms with Gasteiger partial charge in [0.25, 0.3) is 0 Å². The van der Waals surface area contributed by atoms with Crippen LogP contribution < -0.4 is 0 Å². The van der Waals surface area contributed by atoms with E-state index < -0.39 is 0 Å². The van der Waals surface area contributed by atoms with Gasteiger partial charge in [0.2, 0.25) is 5.91 Å². The molecule has 1 fully saturated rings. The van der Waals surface area contributed by atoms with E-state index in [0.29, 0.717) is 37.4 Å². The Hall–Kier alpha value is -3.19. The molecule has 0 atom stereocenters. The Labute approximate surface area is 180 Å². The number of piperazine rings is 1. The van der Waals surface area contributed by atoms with Crippen molar-refractivity contribution < 1.29 is 23.9 Å². The standard InChI is InChI=1S/C24H24N2O5/c27-22-13-25(7-5-16-1-3-20-18(11-16)14-30-23(20)28)9-10-26(22)8-6-17-2-4-21-19(12-17)15-31-24(21)29/h1-4,11-12H,5-10,13-15H2. The fraction of sp³-hybridized carbons (Fsp3) is 0.375. The second-order valence-corrected chi connectivity index (χ2v) is 8.29. The molecule has 3 aliphatic heterocycles.